The normalized spacial score (nSPS) is 11.3. The average Bonchev–Trinajstić information content (AvgIpc) is 3.03. The molecule has 0 saturated carbocycles. The first kappa shape index (κ1) is 15.4. The first-order valence-corrected chi connectivity index (χ1v) is 8.49. The van der Waals surface area contributed by atoms with Crippen LogP contribution in [0.15, 0.2) is 63.8 Å². The van der Waals surface area contributed by atoms with E-state index in [2.05, 4.69) is 18.7 Å². The zero-order valence-electron chi connectivity index (χ0n) is 14.3. The van der Waals surface area contributed by atoms with Gasteiger partial charge in [-0.15, -0.1) is 0 Å². The van der Waals surface area contributed by atoms with Gasteiger partial charge in [0.05, 0.1) is 5.69 Å². The van der Waals surface area contributed by atoms with Gasteiger partial charge in [-0.05, 0) is 38.1 Å². The van der Waals surface area contributed by atoms with Crippen molar-refractivity contribution in [3.8, 4) is 5.69 Å². The van der Waals surface area contributed by atoms with Crippen LogP contribution in [0, 0.1) is 0 Å². The maximum Gasteiger partial charge on any atom is 0.303 e. The molecule has 0 aliphatic carbocycles. The summed E-state index contributed by atoms with van der Waals surface area (Å²) in [5, 5.41) is 0.864. The van der Waals surface area contributed by atoms with E-state index in [4.69, 9.17) is 9.40 Å². The summed E-state index contributed by atoms with van der Waals surface area (Å²) in [6, 6.07) is 17.2. The van der Waals surface area contributed by atoms with Crippen LogP contribution in [0.3, 0.4) is 0 Å². The predicted octanol–water partition coefficient (Wildman–Crippen LogP) is 3.98. The maximum atomic E-state index is 13.3. The van der Waals surface area contributed by atoms with E-state index < -0.39 is 0 Å². The number of para-hydroxylation sites is 2. The second kappa shape index (κ2) is 6.09. The van der Waals surface area contributed by atoms with Gasteiger partial charge in [0.25, 0.3) is 0 Å². The number of benzene rings is 2. The minimum absolute atomic E-state index is 0.186. The lowest BCUT2D eigenvalue weighted by atomic mass is 10.2. The number of nitrogens with zero attached hydrogens (tertiary/aromatic N) is 3. The highest BCUT2D eigenvalue weighted by molar-refractivity contribution is 6.02. The molecule has 2 aromatic heterocycles. The summed E-state index contributed by atoms with van der Waals surface area (Å²) in [6.45, 7) is 5.64. The lowest BCUT2D eigenvalue weighted by Crippen LogP contribution is -2.31. The van der Waals surface area contributed by atoms with E-state index in [9.17, 15) is 4.79 Å². The molecular formula is C20H19N3O2. The van der Waals surface area contributed by atoms with Gasteiger partial charge in [-0.2, -0.15) is 0 Å². The summed E-state index contributed by atoms with van der Waals surface area (Å²) < 4.78 is 7.47. The van der Waals surface area contributed by atoms with Gasteiger partial charge in [0.2, 0.25) is 11.5 Å². The topological polar surface area (TPSA) is 51.3 Å². The maximum absolute atomic E-state index is 13.3. The van der Waals surface area contributed by atoms with Crippen molar-refractivity contribution >= 4 is 28.0 Å². The van der Waals surface area contributed by atoms with Crippen LogP contribution in [0.1, 0.15) is 13.8 Å². The van der Waals surface area contributed by atoms with E-state index >= 15 is 0 Å². The molecule has 0 saturated heterocycles. The van der Waals surface area contributed by atoms with Crippen LogP contribution in [0.25, 0.3) is 27.8 Å². The Morgan fingerprint density at radius 3 is 2.40 bits per heavy atom. The van der Waals surface area contributed by atoms with Crippen molar-refractivity contribution in [2.45, 2.75) is 13.8 Å². The van der Waals surface area contributed by atoms with E-state index in [0.717, 1.165) is 24.2 Å². The molecule has 4 rings (SSSR count). The van der Waals surface area contributed by atoms with Crippen molar-refractivity contribution in [2.24, 2.45) is 0 Å². The Kier molecular flexibility index (Phi) is 3.76. The van der Waals surface area contributed by atoms with Gasteiger partial charge in [-0.25, -0.2) is 9.55 Å². The molecule has 0 radical (unpaired) electrons. The number of hydrogen-bond acceptors (Lipinski definition) is 4. The highest BCUT2D eigenvalue weighted by Crippen LogP contribution is 2.27. The van der Waals surface area contributed by atoms with Crippen molar-refractivity contribution < 1.29 is 4.42 Å². The number of furan rings is 1. The molecule has 5 heteroatoms. The predicted molar refractivity (Wildman–Crippen MR) is 101 cm³/mol. The fourth-order valence-corrected chi connectivity index (χ4v) is 3.16. The number of hydrogen-bond donors (Lipinski definition) is 0. The van der Waals surface area contributed by atoms with Gasteiger partial charge < -0.3 is 9.32 Å². The first-order valence-electron chi connectivity index (χ1n) is 8.49. The first-order chi connectivity index (χ1) is 12.2. The summed E-state index contributed by atoms with van der Waals surface area (Å²) in [7, 11) is 0. The van der Waals surface area contributed by atoms with Crippen LogP contribution < -0.4 is 10.5 Å². The zero-order chi connectivity index (χ0) is 17.4. The van der Waals surface area contributed by atoms with Crippen molar-refractivity contribution in [1.82, 2.24) is 9.55 Å². The fraction of sp³-hybridized carbons (Fsp3) is 0.200. The Bertz CT molecular complexity index is 1090. The van der Waals surface area contributed by atoms with Crippen LogP contribution in [0.2, 0.25) is 0 Å². The van der Waals surface area contributed by atoms with Crippen molar-refractivity contribution in [1.29, 1.82) is 0 Å². The molecule has 0 aliphatic rings. The minimum Gasteiger partial charge on any atom is -0.448 e. The minimum atomic E-state index is -0.186. The third-order valence-corrected chi connectivity index (χ3v) is 4.44. The highest BCUT2D eigenvalue weighted by Gasteiger charge is 2.20. The molecule has 0 unspecified atom stereocenters. The van der Waals surface area contributed by atoms with Gasteiger partial charge in [0, 0.05) is 18.5 Å². The Balaban J connectivity index is 2.14. The SMILES string of the molecule is CCN(CC)c1nc2c(oc3ccccc32)c(=O)n1-c1ccccc1. The lowest BCUT2D eigenvalue weighted by molar-refractivity contribution is 0.654. The third-order valence-electron chi connectivity index (χ3n) is 4.44. The zero-order valence-corrected chi connectivity index (χ0v) is 14.3. The summed E-state index contributed by atoms with van der Waals surface area (Å²) in [4.78, 5) is 20.2. The largest absolute Gasteiger partial charge is 0.448 e. The van der Waals surface area contributed by atoms with Crippen molar-refractivity contribution in [2.75, 3.05) is 18.0 Å². The van der Waals surface area contributed by atoms with Gasteiger partial charge >= 0.3 is 5.56 Å². The second-order valence-corrected chi connectivity index (χ2v) is 5.84. The van der Waals surface area contributed by atoms with Crippen molar-refractivity contribution in [3.63, 3.8) is 0 Å². The lowest BCUT2D eigenvalue weighted by Gasteiger charge is -2.23. The Labute approximate surface area is 145 Å². The Morgan fingerprint density at radius 2 is 1.68 bits per heavy atom. The molecular weight excluding hydrogens is 314 g/mol. The summed E-state index contributed by atoms with van der Waals surface area (Å²) in [6.07, 6.45) is 0. The Hall–Kier alpha value is -3.08. The number of rotatable bonds is 4. The molecule has 4 aromatic rings. The molecule has 0 amide bonds. The molecule has 5 nitrogen and oxygen atoms in total. The standard InChI is InChI=1S/C20H19N3O2/c1-3-22(4-2)20-21-17-15-12-8-9-13-16(15)25-18(17)19(24)23(20)14-10-6-5-7-11-14/h5-13H,3-4H2,1-2H3. The summed E-state index contributed by atoms with van der Waals surface area (Å²) in [5.41, 5.74) is 2.19. The molecule has 0 atom stereocenters. The quantitative estimate of drug-likeness (QED) is 0.567. The molecule has 0 fully saturated rings. The number of anilines is 1. The van der Waals surface area contributed by atoms with E-state index in [1.807, 2.05) is 54.6 Å². The molecule has 0 spiro atoms. The Morgan fingerprint density at radius 1 is 1.00 bits per heavy atom. The van der Waals surface area contributed by atoms with Crippen LogP contribution in [-0.2, 0) is 0 Å². The summed E-state index contributed by atoms with van der Waals surface area (Å²) in [5.74, 6) is 0.639. The van der Waals surface area contributed by atoms with Gasteiger partial charge in [-0.1, -0.05) is 30.3 Å². The fourth-order valence-electron chi connectivity index (χ4n) is 3.16. The van der Waals surface area contributed by atoms with Crippen LogP contribution in [0.5, 0.6) is 0 Å². The average molecular weight is 333 g/mol. The van der Waals surface area contributed by atoms with E-state index in [1.54, 1.807) is 4.57 Å². The molecule has 0 aliphatic heterocycles. The van der Waals surface area contributed by atoms with E-state index in [1.165, 1.54) is 0 Å². The molecule has 2 aromatic carbocycles. The summed E-state index contributed by atoms with van der Waals surface area (Å²) >= 11 is 0. The van der Waals surface area contributed by atoms with Crippen LogP contribution >= 0.6 is 0 Å². The van der Waals surface area contributed by atoms with Gasteiger partial charge in [0.1, 0.15) is 11.1 Å². The van der Waals surface area contributed by atoms with Gasteiger partial charge in [-0.3, -0.25) is 4.79 Å². The van der Waals surface area contributed by atoms with E-state index in [0.29, 0.717) is 22.6 Å². The highest BCUT2D eigenvalue weighted by atomic mass is 16.3. The molecule has 126 valence electrons. The molecule has 25 heavy (non-hydrogen) atoms. The van der Waals surface area contributed by atoms with E-state index in [-0.39, 0.29) is 5.56 Å². The molecule has 2 heterocycles. The smallest absolute Gasteiger partial charge is 0.303 e. The van der Waals surface area contributed by atoms with Gasteiger partial charge in [0.15, 0.2) is 0 Å². The number of aromatic nitrogens is 2. The third kappa shape index (κ3) is 2.39. The van der Waals surface area contributed by atoms with Crippen molar-refractivity contribution in [3.05, 3.63) is 65.0 Å². The monoisotopic (exact) mass is 333 g/mol. The second-order valence-electron chi connectivity index (χ2n) is 5.84. The van der Waals surface area contributed by atoms with Crippen LogP contribution in [-0.4, -0.2) is 22.6 Å². The molecule has 0 bridgehead atoms. The number of fused-ring (bicyclic) bond motifs is 3. The van der Waals surface area contributed by atoms with Crippen LogP contribution in [0.4, 0.5) is 5.95 Å². The molecule has 0 N–H and O–H groups in total.